The van der Waals surface area contributed by atoms with Crippen molar-refractivity contribution in [2.24, 2.45) is 0 Å². The van der Waals surface area contributed by atoms with Crippen LogP contribution in [0.4, 0.5) is 16.2 Å². The number of ether oxygens (including phenoxy) is 1. The third-order valence-electron chi connectivity index (χ3n) is 3.60. The summed E-state index contributed by atoms with van der Waals surface area (Å²) in [5, 5.41) is 9.25. The number of nitrogens with two attached hydrogens (primary N) is 2. The Labute approximate surface area is 157 Å². The van der Waals surface area contributed by atoms with Crippen molar-refractivity contribution in [3.63, 3.8) is 0 Å². The molecule has 8 heteroatoms. The SMILES string of the molecule is N#Cc1c(N)nc(N)nc1-c1ccc(OCc2cc(F)ccc2Br)cc1. The van der Waals surface area contributed by atoms with Gasteiger partial charge in [0, 0.05) is 15.6 Å². The monoisotopic (exact) mass is 413 g/mol. The highest BCUT2D eigenvalue weighted by atomic mass is 79.9. The number of hydrogen-bond acceptors (Lipinski definition) is 6. The summed E-state index contributed by atoms with van der Waals surface area (Å²) in [6.45, 7) is 0.203. The summed E-state index contributed by atoms with van der Waals surface area (Å²) in [7, 11) is 0. The molecule has 0 radical (unpaired) electrons. The summed E-state index contributed by atoms with van der Waals surface area (Å²) in [6, 6.07) is 13.3. The number of aromatic nitrogens is 2. The number of rotatable bonds is 4. The number of halogens is 2. The van der Waals surface area contributed by atoms with Crippen molar-refractivity contribution in [3.8, 4) is 23.1 Å². The Hall–Kier alpha value is -3.18. The summed E-state index contributed by atoms with van der Waals surface area (Å²) < 4.78 is 19.8. The molecule has 130 valence electrons. The van der Waals surface area contributed by atoms with Gasteiger partial charge in [0.25, 0.3) is 0 Å². The van der Waals surface area contributed by atoms with Crippen molar-refractivity contribution < 1.29 is 9.13 Å². The maximum atomic E-state index is 13.3. The molecule has 0 spiro atoms. The zero-order chi connectivity index (χ0) is 18.7. The molecule has 0 saturated heterocycles. The Balaban J connectivity index is 1.81. The molecule has 4 N–H and O–H groups in total. The van der Waals surface area contributed by atoms with Crippen LogP contribution in [0.5, 0.6) is 5.75 Å². The lowest BCUT2D eigenvalue weighted by Gasteiger charge is -2.10. The summed E-state index contributed by atoms with van der Waals surface area (Å²) in [5.41, 5.74) is 13.2. The van der Waals surface area contributed by atoms with Crippen LogP contribution < -0.4 is 16.2 Å². The molecule has 0 atom stereocenters. The molecule has 0 aliphatic carbocycles. The minimum Gasteiger partial charge on any atom is -0.489 e. The molecule has 0 saturated carbocycles. The number of hydrogen-bond donors (Lipinski definition) is 2. The van der Waals surface area contributed by atoms with Crippen LogP contribution >= 0.6 is 15.9 Å². The lowest BCUT2D eigenvalue weighted by molar-refractivity contribution is 0.305. The van der Waals surface area contributed by atoms with Gasteiger partial charge in [0.1, 0.15) is 35.6 Å². The predicted octanol–water partition coefficient (Wildman–Crippen LogP) is 3.66. The van der Waals surface area contributed by atoms with E-state index in [0.717, 1.165) is 4.47 Å². The van der Waals surface area contributed by atoms with Gasteiger partial charge in [-0.1, -0.05) is 15.9 Å². The van der Waals surface area contributed by atoms with Gasteiger partial charge in [-0.25, -0.2) is 9.37 Å². The van der Waals surface area contributed by atoms with Gasteiger partial charge in [-0.3, -0.25) is 0 Å². The molecule has 2 aromatic carbocycles. The minimum absolute atomic E-state index is 0.00668. The number of benzene rings is 2. The minimum atomic E-state index is -0.329. The van der Waals surface area contributed by atoms with E-state index in [1.807, 2.05) is 6.07 Å². The summed E-state index contributed by atoms with van der Waals surface area (Å²) in [4.78, 5) is 7.88. The lowest BCUT2D eigenvalue weighted by atomic mass is 10.1. The first-order valence-corrected chi connectivity index (χ1v) is 8.27. The van der Waals surface area contributed by atoms with Crippen molar-refractivity contribution in [3.05, 3.63) is 63.9 Å². The second-order valence-electron chi connectivity index (χ2n) is 5.35. The van der Waals surface area contributed by atoms with Crippen LogP contribution in [0.1, 0.15) is 11.1 Å². The van der Waals surface area contributed by atoms with E-state index < -0.39 is 0 Å². The number of nitrogen functional groups attached to an aromatic ring is 2. The Morgan fingerprint density at radius 2 is 1.85 bits per heavy atom. The fourth-order valence-electron chi connectivity index (χ4n) is 2.34. The van der Waals surface area contributed by atoms with E-state index >= 15 is 0 Å². The summed E-state index contributed by atoms with van der Waals surface area (Å²) in [6.07, 6.45) is 0. The van der Waals surface area contributed by atoms with Crippen LogP contribution in [-0.4, -0.2) is 9.97 Å². The van der Waals surface area contributed by atoms with Crippen LogP contribution in [0.2, 0.25) is 0 Å². The van der Waals surface area contributed by atoms with Gasteiger partial charge < -0.3 is 16.2 Å². The van der Waals surface area contributed by atoms with Crippen LogP contribution in [0.15, 0.2) is 46.9 Å². The highest BCUT2D eigenvalue weighted by molar-refractivity contribution is 9.10. The van der Waals surface area contributed by atoms with Gasteiger partial charge in [0.2, 0.25) is 5.95 Å². The zero-order valence-electron chi connectivity index (χ0n) is 13.4. The molecular formula is C18H13BrFN5O. The maximum absolute atomic E-state index is 13.3. The second kappa shape index (κ2) is 7.37. The standard InChI is InChI=1S/C18H13BrFN5O/c19-15-6-3-12(20)7-11(15)9-26-13-4-1-10(2-5-13)16-14(8-21)17(22)25-18(23)24-16/h1-7H,9H2,(H4,22,23,24,25). The zero-order valence-corrected chi connectivity index (χ0v) is 15.0. The van der Waals surface area contributed by atoms with Gasteiger partial charge in [0.05, 0.1) is 5.69 Å². The summed E-state index contributed by atoms with van der Waals surface area (Å²) >= 11 is 3.36. The number of nitrogens with zero attached hydrogens (tertiary/aromatic N) is 3. The fourth-order valence-corrected chi connectivity index (χ4v) is 2.70. The van der Waals surface area contributed by atoms with Crippen LogP contribution in [0.3, 0.4) is 0 Å². The van der Waals surface area contributed by atoms with Crippen molar-refractivity contribution in [2.45, 2.75) is 6.61 Å². The van der Waals surface area contributed by atoms with Gasteiger partial charge in [-0.05, 0) is 42.5 Å². The van der Waals surface area contributed by atoms with E-state index in [1.54, 1.807) is 30.3 Å². The summed E-state index contributed by atoms with van der Waals surface area (Å²) in [5.74, 6) is 0.280. The van der Waals surface area contributed by atoms with Crippen LogP contribution in [0, 0.1) is 17.1 Å². The number of anilines is 2. The lowest BCUT2D eigenvalue weighted by Crippen LogP contribution is -2.05. The van der Waals surface area contributed by atoms with Crippen molar-refractivity contribution in [1.29, 1.82) is 5.26 Å². The molecule has 3 aromatic rings. The molecule has 1 heterocycles. The van der Waals surface area contributed by atoms with Crippen molar-refractivity contribution in [2.75, 3.05) is 11.5 Å². The maximum Gasteiger partial charge on any atom is 0.222 e. The molecule has 1 aromatic heterocycles. The first kappa shape index (κ1) is 17.6. The van der Waals surface area contributed by atoms with E-state index in [0.29, 0.717) is 22.6 Å². The molecule has 0 aliphatic heterocycles. The smallest absolute Gasteiger partial charge is 0.222 e. The van der Waals surface area contributed by atoms with Gasteiger partial charge >= 0.3 is 0 Å². The molecule has 0 unspecified atom stereocenters. The van der Waals surface area contributed by atoms with Gasteiger partial charge in [-0.2, -0.15) is 10.2 Å². The van der Waals surface area contributed by atoms with Crippen LogP contribution in [0.25, 0.3) is 11.3 Å². The molecule has 0 fully saturated rings. The average Bonchev–Trinajstić information content (AvgIpc) is 2.62. The molecule has 0 bridgehead atoms. The molecule has 26 heavy (non-hydrogen) atoms. The van der Waals surface area contributed by atoms with Crippen molar-refractivity contribution >= 4 is 27.7 Å². The second-order valence-corrected chi connectivity index (χ2v) is 6.21. The Morgan fingerprint density at radius 1 is 1.12 bits per heavy atom. The van der Waals surface area contributed by atoms with Gasteiger partial charge in [0.15, 0.2) is 0 Å². The van der Waals surface area contributed by atoms with E-state index in [-0.39, 0.29) is 29.8 Å². The molecule has 0 aliphatic rings. The van der Waals surface area contributed by atoms with E-state index in [4.69, 9.17) is 16.2 Å². The molecule has 0 amide bonds. The highest BCUT2D eigenvalue weighted by Gasteiger charge is 2.13. The quantitative estimate of drug-likeness (QED) is 0.674. The first-order chi connectivity index (χ1) is 12.5. The normalized spacial score (nSPS) is 10.3. The van der Waals surface area contributed by atoms with Crippen LogP contribution in [-0.2, 0) is 6.61 Å². The molecule has 6 nitrogen and oxygen atoms in total. The highest BCUT2D eigenvalue weighted by Crippen LogP contribution is 2.27. The molecular weight excluding hydrogens is 401 g/mol. The number of nitriles is 1. The fraction of sp³-hybridized carbons (Fsp3) is 0.0556. The third kappa shape index (κ3) is 3.73. The Kier molecular flexibility index (Phi) is 5.00. The van der Waals surface area contributed by atoms with E-state index in [1.165, 1.54) is 12.1 Å². The predicted molar refractivity (Wildman–Crippen MR) is 99.4 cm³/mol. The largest absolute Gasteiger partial charge is 0.489 e. The Morgan fingerprint density at radius 3 is 2.54 bits per heavy atom. The van der Waals surface area contributed by atoms with E-state index in [9.17, 15) is 9.65 Å². The first-order valence-electron chi connectivity index (χ1n) is 7.48. The molecule has 3 rings (SSSR count). The Bertz CT molecular complexity index is 1000. The average molecular weight is 414 g/mol. The van der Waals surface area contributed by atoms with Gasteiger partial charge in [-0.15, -0.1) is 0 Å². The third-order valence-corrected chi connectivity index (χ3v) is 4.37. The topological polar surface area (TPSA) is 111 Å². The van der Waals surface area contributed by atoms with Crippen molar-refractivity contribution in [1.82, 2.24) is 9.97 Å². The van der Waals surface area contributed by atoms with E-state index in [2.05, 4.69) is 25.9 Å².